The summed E-state index contributed by atoms with van der Waals surface area (Å²) >= 11 is 0. The van der Waals surface area contributed by atoms with Crippen molar-refractivity contribution in [1.29, 1.82) is 0 Å². The maximum Gasteiger partial charge on any atom is 0.139 e. The van der Waals surface area contributed by atoms with Crippen molar-refractivity contribution in [1.82, 2.24) is 0 Å². The number of hydrogen-bond acceptors (Lipinski definition) is 1. The second-order valence-corrected chi connectivity index (χ2v) is 3.94. The predicted octanol–water partition coefficient (Wildman–Crippen LogP) is 3.10. The second kappa shape index (κ2) is 4.44. The molecule has 0 saturated heterocycles. The third-order valence-electron chi connectivity index (χ3n) is 2.54. The minimum absolute atomic E-state index is 0.357. The van der Waals surface area contributed by atoms with E-state index in [-0.39, 0.29) is 0 Å². The molecular formula is C11H18O. The summed E-state index contributed by atoms with van der Waals surface area (Å²) in [5.41, 5.74) is 1.01. The van der Waals surface area contributed by atoms with Crippen molar-refractivity contribution in [3.63, 3.8) is 0 Å². The fourth-order valence-electron chi connectivity index (χ4n) is 1.87. The van der Waals surface area contributed by atoms with E-state index >= 15 is 0 Å². The standard InChI is InChI=1S/C11H18O/c1-9(2)8-11(12)10-6-4-3-5-7-10/h10H,1,3-8H2,2H3. The lowest BCUT2D eigenvalue weighted by atomic mass is 9.84. The summed E-state index contributed by atoms with van der Waals surface area (Å²) in [4.78, 5) is 11.5. The zero-order valence-corrected chi connectivity index (χ0v) is 7.94. The molecule has 1 aliphatic rings. The molecule has 1 aliphatic carbocycles. The fraction of sp³-hybridized carbons (Fsp3) is 0.727. The van der Waals surface area contributed by atoms with E-state index in [1.165, 1.54) is 19.3 Å². The molecule has 0 aromatic heterocycles. The SMILES string of the molecule is C=C(C)CC(=O)C1CCCCC1. The molecule has 1 heteroatoms. The summed E-state index contributed by atoms with van der Waals surface area (Å²) in [7, 11) is 0. The Hall–Kier alpha value is -0.590. The number of ketones is 1. The van der Waals surface area contributed by atoms with Gasteiger partial charge in [-0.1, -0.05) is 31.4 Å². The molecule has 1 fully saturated rings. The van der Waals surface area contributed by atoms with Crippen molar-refractivity contribution < 1.29 is 4.79 Å². The second-order valence-electron chi connectivity index (χ2n) is 3.94. The van der Waals surface area contributed by atoms with Gasteiger partial charge in [0, 0.05) is 12.3 Å². The monoisotopic (exact) mass is 166 g/mol. The summed E-state index contributed by atoms with van der Waals surface area (Å²) in [6, 6.07) is 0. The molecule has 0 bridgehead atoms. The molecule has 0 radical (unpaired) electrons. The van der Waals surface area contributed by atoms with Crippen LogP contribution in [0.5, 0.6) is 0 Å². The van der Waals surface area contributed by atoms with Gasteiger partial charge in [-0.3, -0.25) is 4.79 Å². The van der Waals surface area contributed by atoms with Crippen LogP contribution in [-0.4, -0.2) is 5.78 Å². The van der Waals surface area contributed by atoms with Crippen LogP contribution in [0.3, 0.4) is 0 Å². The summed E-state index contributed by atoms with van der Waals surface area (Å²) in [6.45, 7) is 5.70. The zero-order valence-electron chi connectivity index (χ0n) is 7.94. The molecule has 12 heavy (non-hydrogen) atoms. The van der Waals surface area contributed by atoms with Crippen LogP contribution in [0, 0.1) is 5.92 Å². The van der Waals surface area contributed by atoms with Gasteiger partial charge in [0.1, 0.15) is 5.78 Å². The highest BCUT2D eigenvalue weighted by Crippen LogP contribution is 2.25. The molecule has 1 saturated carbocycles. The molecule has 0 atom stereocenters. The third kappa shape index (κ3) is 2.80. The summed E-state index contributed by atoms with van der Waals surface area (Å²) in [6.07, 6.45) is 6.64. The average Bonchev–Trinajstić information content (AvgIpc) is 2.05. The Balaban J connectivity index is 2.34. The maximum absolute atomic E-state index is 11.5. The Morgan fingerprint density at radius 1 is 1.33 bits per heavy atom. The number of allylic oxidation sites excluding steroid dienone is 1. The normalized spacial score (nSPS) is 19.1. The molecule has 0 N–H and O–H groups in total. The highest BCUT2D eigenvalue weighted by atomic mass is 16.1. The summed E-state index contributed by atoms with van der Waals surface area (Å²) in [5, 5.41) is 0. The molecular weight excluding hydrogens is 148 g/mol. The number of hydrogen-bond donors (Lipinski definition) is 0. The molecule has 0 aromatic carbocycles. The van der Waals surface area contributed by atoms with Gasteiger partial charge in [0.25, 0.3) is 0 Å². The molecule has 1 nitrogen and oxygen atoms in total. The molecule has 0 amide bonds. The Morgan fingerprint density at radius 3 is 2.42 bits per heavy atom. The van der Waals surface area contributed by atoms with Crippen LogP contribution in [0.1, 0.15) is 45.4 Å². The number of carbonyl (C=O) groups excluding carboxylic acids is 1. The van der Waals surface area contributed by atoms with Crippen molar-refractivity contribution in [2.75, 3.05) is 0 Å². The maximum atomic E-state index is 11.5. The Labute approximate surface area is 74.9 Å². The van der Waals surface area contributed by atoms with Crippen LogP contribution < -0.4 is 0 Å². The van der Waals surface area contributed by atoms with Gasteiger partial charge in [-0.15, -0.1) is 0 Å². The first-order valence-corrected chi connectivity index (χ1v) is 4.87. The van der Waals surface area contributed by atoms with E-state index in [0.717, 1.165) is 18.4 Å². The summed E-state index contributed by atoms with van der Waals surface area (Å²) in [5.74, 6) is 0.776. The van der Waals surface area contributed by atoms with Crippen LogP contribution in [-0.2, 0) is 4.79 Å². The Morgan fingerprint density at radius 2 is 1.92 bits per heavy atom. The number of Topliss-reactive ketones (excluding diaryl/α,β-unsaturated/α-hetero) is 1. The Bertz CT molecular complexity index is 175. The lowest BCUT2D eigenvalue weighted by Gasteiger charge is -2.20. The fourth-order valence-corrected chi connectivity index (χ4v) is 1.87. The first-order chi connectivity index (χ1) is 5.70. The minimum Gasteiger partial charge on any atom is -0.299 e. The molecule has 0 aromatic rings. The smallest absolute Gasteiger partial charge is 0.139 e. The van der Waals surface area contributed by atoms with E-state index in [9.17, 15) is 4.79 Å². The van der Waals surface area contributed by atoms with Crippen LogP contribution in [0.2, 0.25) is 0 Å². The van der Waals surface area contributed by atoms with E-state index in [2.05, 4.69) is 6.58 Å². The average molecular weight is 166 g/mol. The lowest BCUT2D eigenvalue weighted by molar-refractivity contribution is -0.123. The van der Waals surface area contributed by atoms with E-state index in [0.29, 0.717) is 18.1 Å². The molecule has 68 valence electrons. The molecule has 0 aliphatic heterocycles. The van der Waals surface area contributed by atoms with Crippen LogP contribution >= 0.6 is 0 Å². The van der Waals surface area contributed by atoms with Gasteiger partial charge in [0.2, 0.25) is 0 Å². The lowest BCUT2D eigenvalue weighted by Crippen LogP contribution is -2.17. The van der Waals surface area contributed by atoms with E-state index < -0.39 is 0 Å². The molecule has 0 unspecified atom stereocenters. The van der Waals surface area contributed by atoms with Gasteiger partial charge in [0.15, 0.2) is 0 Å². The van der Waals surface area contributed by atoms with Gasteiger partial charge in [-0.05, 0) is 19.8 Å². The van der Waals surface area contributed by atoms with Crippen LogP contribution in [0.25, 0.3) is 0 Å². The van der Waals surface area contributed by atoms with Crippen LogP contribution in [0.4, 0.5) is 0 Å². The quantitative estimate of drug-likeness (QED) is 0.589. The predicted molar refractivity (Wildman–Crippen MR) is 51.0 cm³/mol. The molecule has 1 rings (SSSR count). The zero-order chi connectivity index (χ0) is 8.97. The highest BCUT2D eigenvalue weighted by Gasteiger charge is 2.20. The van der Waals surface area contributed by atoms with E-state index in [1.807, 2.05) is 6.92 Å². The first-order valence-electron chi connectivity index (χ1n) is 4.87. The molecule has 0 heterocycles. The van der Waals surface area contributed by atoms with E-state index in [1.54, 1.807) is 0 Å². The highest BCUT2D eigenvalue weighted by molar-refractivity contribution is 5.83. The van der Waals surface area contributed by atoms with Crippen molar-refractivity contribution >= 4 is 5.78 Å². The van der Waals surface area contributed by atoms with Crippen molar-refractivity contribution in [3.05, 3.63) is 12.2 Å². The van der Waals surface area contributed by atoms with Gasteiger partial charge < -0.3 is 0 Å². The number of rotatable bonds is 3. The first kappa shape index (κ1) is 9.50. The number of carbonyl (C=O) groups is 1. The van der Waals surface area contributed by atoms with Gasteiger partial charge in [-0.2, -0.15) is 0 Å². The van der Waals surface area contributed by atoms with Crippen molar-refractivity contribution in [3.8, 4) is 0 Å². The molecule has 0 spiro atoms. The van der Waals surface area contributed by atoms with Gasteiger partial charge in [-0.25, -0.2) is 0 Å². The summed E-state index contributed by atoms with van der Waals surface area (Å²) < 4.78 is 0. The minimum atomic E-state index is 0.357. The van der Waals surface area contributed by atoms with Crippen molar-refractivity contribution in [2.24, 2.45) is 5.92 Å². The Kier molecular flexibility index (Phi) is 3.51. The largest absolute Gasteiger partial charge is 0.299 e. The van der Waals surface area contributed by atoms with Gasteiger partial charge >= 0.3 is 0 Å². The van der Waals surface area contributed by atoms with Crippen LogP contribution in [0.15, 0.2) is 12.2 Å². The third-order valence-corrected chi connectivity index (χ3v) is 2.54. The van der Waals surface area contributed by atoms with Crippen molar-refractivity contribution in [2.45, 2.75) is 45.4 Å². The van der Waals surface area contributed by atoms with Gasteiger partial charge in [0.05, 0.1) is 0 Å². The topological polar surface area (TPSA) is 17.1 Å². The van der Waals surface area contributed by atoms with E-state index in [4.69, 9.17) is 0 Å².